The van der Waals surface area contributed by atoms with Crippen molar-refractivity contribution in [2.75, 3.05) is 23.9 Å². The SMILES string of the molecule is COc1ccccc1N1C(=O)C(CC(=O)Nc2ccc3cc[nH]c3c2)N(CCc2c[nH]c3ccccc23)C1=S. The number of anilines is 2. The highest BCUT2D eigenvalue weighted by Crippen LogP contribution is 2.34. The number of aromatic amines is 2. The molecule has 1 atom stereocenters. The molecular formula is C30H27N5O3S. The molecule has 9 heteroatoms. The lowest BCUT2D eigenvalue weighted by Gasteiger charge is -2.24. The summed E-state index contributed by atoms with van der Waals surface area (Å²) >= 11 is 5.85. The maximum atomic E-state index is 13.8. The van der Waals surface area contributed by atoms with Gasteiger partial charge in [-0.1, -0.05) is 36.4 Å². The first-order chi connectivity index (χ1) is 19.0. The Kier molecular flexibility index (Phi) is 6.50. The summed E-state index contributed by atoms with van der Waals surface area (Å²) in [6, 6.07) is 22.3. The number of H-pyrrole nitrogens is 2. The van der Waals surface area contributed by atoms with Crippen LogP contribution in [0.2, 0.25) is 0 Å². The van der Waals surface area contributed by atoms with E-state index in [1.165, 1.54) is 4.90 Å². The first kappa shape index (κ1) is 24.7. The van der Waals surface area contributed by atoms with Crippen LogP contribution in [-0.4, -0.2) is 51.5 Å². The van der Waals surface area contributed by atoms with Gasteiger partial charge in [-0.15, -0.1) is 0 Å². The van der Waals surface area contributed by atoms with E-state index in [4.69, 9.17) is 17.0 Å². The van der Waals surface area contributed by atoms with Gasteiger partial charge in [-0.3, -0.25) is 14.5 Å². The summed E-state index contributed by atoms with van der Waals surface area (Å²) in [7, 11) is 1.56. The van der Waals surface area contributed by atoms with E-state index in [-0.39, 0.29) is 18.2 Å². The van der Waals surface area contributed by atoms with Crippen molar-refractivity contribution < 1.29 is 14.3 Å². The predicted octanol–water partition coefficient (Wildman–Crippen LogP) is 5.23. The minimum Gasteiger partial charge on any atom is -0.495 e. The molecule has 6 rings (SSSR count). The second-order valence-electron chi connectivity index (χ2n) is 9.48. The number of amides is 2. The summed E-state index contributed by atoms with van der Waals surface area (Å²) in [5.74, 6) is 0.0218. The Balaban J connectivity index is 1.27. The normalized spacial score (nSPS) is 15.5. The van der Waals surface area contributed by atoms with Gasteiger partial charge in [0, 0.05) is 41.0 Å². The molecule has 1 saturated heterocycles. The van der Waals surface area contributed by atoms with Gasteiger partial charge in [-0.2, -0.15) is 0 Å². The van der Waals surface area contributed by atoms with Crippen LogP contribution >= 0.6 is 12.2 Å². The van der Waals surface area contributed by atoms with Gasteiger partial charge in [0.15, 0.2) is 5.11 Å². The Morgan fingerprint density at radius 1 is 1.03 bits per heavy atom. The second kappa shape index (κ2) is 10.3. The van der Waals surface area contributed by atoms with Crippen molar-refractivity contribution in [1.29, 1.82) is 0 Å². The number of hydrogen-bond acceptors (Lipinski definition) is 4. The number of rotatable bonds is 8. The Morgan fingerprint density at radius 2 is 1.85 bits per heavy atom. The van der Waals surface area contributed by atoms with Crippen LogP contribution in [-0.2, 0) is 16.0 Å². The van der Waals surface area contributed by atoms with Gasteiger partial charge in [0.2, 0.25) is 5.91 Å². The summed E-state index contributed by atoms with van der Waals surface area (Å²) in [5.41, 5.74) is 4.33. The van der Waals surface area contributed by atoms with E-state index in [1.807, 2.05) is 71.9 Å². The smallest absolute Gasteiger partial charge is 0.256 e. The molecule has 1 fully saturated rings. The predicted molar refractivity (Wildman–Crippen MR) is 157 cm³/mol. The molecule has 1 aliphatic heterocycles. The van der Waals surface area contributed by atoms with Crippen LogP contribution < -0.4 is 15.0 Å². The number of carbonyl (C=O) groups excluding carboxylic acids is 2. The molecule has 3 aromatic carbocycles. The molecular weight excluding hydrogens is 510 g/mol. The Morgan fingerprint density at radius 3 is 2.72 bits per heavy atom. The summed E-state index contributed by atoms with van der Waals surface area (Å²) in [6.07, 6.45) is 4.45. The fourth-order valence-corrected chi connectivity index (χ4v) is 5.62. The van der Waals surface area contributed by atoms with Crippen molar-refractivity contribution in [3.63, 3.8) is 0 Å². The average molecular weight is 538 g/mol. The molecule has 0 radical (unpaired) electrons. The molecule has 196 valence electrons. The molecule has 3 heterocycles. The average Bonchev–Trinajstić information content (AvgIpc) is 3.64. The maximum absolute atomic E-state index is 13.8. The van der Waals surface area contributed by atoms with Gasteiger partial charge in [0.25, 0.3) is 5.91 Å². The van der Waals surface area contributed by atoms with Gasteiger partial charge in [0.1, 0.15) is 11.8 Å². The third-order valence-corrected chi connectivity index (χ3v) is 7.58. The fourth-order valence-electron chi connectivity index (χ4n) is 5.22. The number of aromatic nitrogens is 2. The first-order valence-corrected chi connectivity index (χ1v) is 13.1. The molecule has 2 aromatic heterocycles. The summed E-state index contributed by atoms with van der Waals surface area (Å²) in [6.45, 7) is 0.477. The number of para-hydroxylation sites is 3. The second-order valence-corrected chi connectivity index (χ2v) is 9.84. The van der Waals surface area contributed by atoms with E-state index in [9.17, 15) is 9.59 Å². The van der Waals surface area contributed by atoms with Crippen LogP contribution in [0.15, 0.2) is 85.2 Å². The molecule has 8 nitrogen and oxygen atoms in total. The molecule has 1 unspecified atom stereocenters. The molecule has 3 N–H and O–H groups in total. The molecule has 39 heavy (non-hydrogen) atoms. The van der Waals surface area contributed by atoms with Gasteiger partial charge >= 0.3 is 0 Å². The number of benzene rings is 3. The van der Waals surface area contributed by atoms with Crippen LogP contribution in [0.1, 0.15) is 12.0 Å². The molecule has 0 bridgehead atoms. The van der Waals surface area contributed by atoms with E-state index in [0.717, 1.165) is 27.4 Å². The highest BCUT2D eigenvalue weighted by atomic mass is 32.1. The van der Waals surface area contributed by atoms with Crippen LogP contribution in [0.4, 0.5) is 11.4 Å². The number of carbonyl (C=O) groups is 2. The van der Waals surface area contributed by atoms with E-state index in [0.29, 0.717) is 35.2 Å². The molecule has 0 aliphatic carbocycles. The van der Waals surface area contributed by atoms with Crippen molar-refractivity contribution in [1.82, 2.24) is 14.9 Å². The van der Waals surface area contributed by atoms with Crippen molar-refractivity contribution in [2.45, 2.75) is 18.9 Å². The third kappa shape index (κ3) is 4.61. The van der Waals surface area contributed by atoms with Gasteiger partial charge in [-0.05, 0) is 66.0 Å². The third-order valence-electron chi connectivity index (χ3n) is 7.16. The van der Waals surface area contributed by atoms with Crippen molar-refractivity contribution in [2.24, 2.45) is 0 Å². The quantitative estimate of drug-likeness (QED) is 0.236. The Bertz CT molecular complexity index is 1710. The lowest BCUT2D eigenvalue weighted by molar-refractivity contribution is -0.124. The maximum Gasteiger partial charge on any atom is 0.256 e. The van der Waals surface area contributed by atoms with Crippen LogP contribution in [0.5, 0.6) is 5.75 Å². The van der Waals surface area contributed by atoms with Crippen LogP contribution in [0.3, 0.4) is 0 Å². The number of nitrogens with one attached hydrogen (secondary N) is 3. The zero-order valence-corrected chi connectivity index (χ0v) is 22.1. The molecule has 2 amide bonds. The summed E-state index contributed by atoms with van der Waals surface area (Å²) < 4.78 is 5.52. The highest BCUT2D eigenvalue weighted by Gasteiger charge is 2.44. The van der Waals surface area contributed by atoms with Crippen molar-refractivity contribution in [3.8, 4) is 5.75 Å². The van der Waals surface area contributed by atoms with Gasteiger partial charge in [-0.25, -0.2) is 0 Å². The highest BCUT2D eigenvalue weighted by molar-refractivity contribution is 7.80. The zero-order chi connectivity index (χ0) is 26.9. The molecule has 5 aromatic rings. The Labute approximate surface area is 230 Å². The minimum atomic E-state index is -0.748. The molecule has 0 saturated carbocycles. The van der Waals surface area contributed by atoms with Crippen molar-refractivity contribution >= 4 is 62.3 Å². The number of fused-ring (bicyclic) bond motifs is 2. The van der Waals surface area contributed by atoms with E-state index in [2.05, 4.69) is 21.4 Å². The standard InChI is InChI=1S/C30H27N5O3S/c1-38-27-9-5-4-8-25(27)35-29(37)26(17-28(36)33-21-11-10-19-12-14-31-24(19)16-21)34(30(35)39)15-13-20-18-32-23-7-3-2-6-22(20)23/h2-12,14,16,18,26,31-32H,13,15,17H2,1H3,(H,33,36). The summed E-state index contributed by atoms with van der Waals surface area (Å²) in [4.78, 5) is 36.9. The van der Waals surface area contributed by atoms with Gasteiger partial charge in [0.05, 0.1) is 19.2 Å². The number of nitrogens with zero attached hydrogens (tertiary/aromatic N) is 2. The number of methoxy groups -OCH3 is 1. The van der Waals surface area contributed by atoms with Crippen LogP contribution in [0, 0.1) is 0 Å². The minimum absolute atomic E-state index is 0.0404. The van der Waals surface area contributed by atoms with E-state index < -0.39 is 6.04 Å². The number of thiocarbonyl (C=S) groups is 1. The van der Waals surface area contributed by atoms with Crippen molar-refractivity contribution in [3.05, 3.63) is 90.8 Å². The first-order valence-electron chi connectivity index (χ1n) is 12.7. The van der Waals surface area contributed by atoms with E-state index in [1.54, 1.807) is 19.2 Å². The fraction of sp³-hybridized carbons (Fsp3) is 0.167. The monoisotopic (exact) mass is 537 g/mol. The Hall–Kier alpha value is -4.63. The van der Waals surface area contributed by atoms with Gasteiger partial charge < -0.3 is 24.9 Å². The molecule has 1 aliphatic rings. The topological polar surface area (TPSA) is 93.5 Å². The number of ether oxygens (including phenoxy) is 1. The lowest BCUT2D eigenvalue weighted by atomic mass is 10.1. The number of hydrogen-bond donors (Lipinski definition) is 3. The zero-order valence-electron chi connectivity index (χ0n) is 21.3. The van der Waals surface area contributed by atoms with Crippen LogP contribution in [0.25, 0.3) is 21.8 Å². The summed E-state index contributed by atoms with van der Waals surface area (Å²) in [5, 5.41) is 5.49. The largest absolute Gasteiger partial charge is 0.495 e. The van der Waals surface area contributed by atoms with E-state index >= 15 is 0 Å². The molecule has 0 spiro atoms. The lowest BCUT2D eigenvalue weighted by Crippen LogP contribution is -2.39.